The number of aliphatic hydroxyl groups is 1. The van der Waals surface area contributed by atoms with Crippen LogP contribution in [0.5, 0.6) is 17.2 Å². The average Bonchev–Trinajstić information content (AvgIpc) is 3.26. The molecule has 2 aliphatic rings. The average molecular weight is 844 g/mol. The van der Waals surface area contributed by atoms with Gasteiger partial charge < -0.3 is 29.7 Å². The number of amides is 1. The lowest BCUT2D eigenvalue weighted by Gasteiger charge is -2.47. The quantitative estimate of drug-likeness (QED) is 0.0691. The zero-order chi connectivity index (χ0) is 43.1. The molecule has 12 nitrogen and oxygen atoms in total. The highest BCUT2D eigenvalue weighted by atomic mass is 35.5. The number of carbonyl (C=O) groups excluding carboxylic acids is 1. The van der Waals surface area contributed by atoms with E-state index in [-0.39, 0.29) is 31.2 Å². The zero-order valence-electron chi connectivity index (χ0n) is 34.6. The van der Waals surface area contributed by atoms with Gasteiger partial charge in [-0.3, -0.25) is 24.8 Å². The molecule has 7 rings (SSSR count). The summed E-state index contributed by atoms with van der Waals surface area (Å²) >= 11 is 6.78. The van der Waals surface area contributed by atoms with Gasteiger partial charge in [-0.1, -0.05) is 60.1 Å². The Morgan fingerprint density at radius 2 is 1.62 bits per heavy atom. The van der Waals surface area contributed by atoms with Gasteiger partial charge in [-0.05, 0) is 96.8 Å². The highest BCUT2D eigenvalue weighted by Crippen LogP contribution is 2.38. The van der Waals surface area contributed by atoms with Gasteiger partial charge in [0.1, 0.15) is 48.7 Å². The van der Waals surface area contributed by atoms with Gasteiger partial charge in [-0.25, -0.2) is 0 Å². The number of benzene rings is 4. The van der Waals surface area contributed by atoms with Crippen molar-refractivity contribution in [3.8, 4) is 45.6 Å². The van der Waals surface area contributed by atoms with E-state index >= 15 is 0 Å². The maximum Gasteiger partial charge on any atom is 0.326 e. The highest BCUT2D eigenvalue weighted by Gasteiger charge is 2.44. The first-order valence-corrected chi connectivity index (χ1v) is 20.7. The summed E-state index contributed by atoms with van der Waals surface area (Å²) in [5, 5.41) is 35.1. The summed E-state index contributed by atoms with van der Waals surface area (Å²) in [4.78, 5) is 29.8. The smallest absolute Gasteiger partial charge is 0.326 e. The van der Waals surface area contributed by atoms with Crippen LogP contribution in [-0.4, -0.2) is 75.9 Å². The first-order valence-electron chi connectivity index (χ1n) is 20.4. The minimum atomic E-state index is -1.60. The van der Waals surface area contributed by atoms with E-state index in [4.69, 9.17) is 25.8 Å². The van der Waals surface area contributed by atoms with Gasteiger partial charge in [-0.15, -0.1) is 0 Å². The first kappa shape index (κ1) is 43.1. The number of β-lactam (4-membered cyclic amide) rings is 1. The van der Waals surface area contributed by atoms with Crippen molar-refractivity contribution in [3.05, 3.63) is 130 Å². The largest absolute Gasteiger partial charge is 0.492 e. The number of hydrogen-bond donors (Lipinski definition) is 4. The highest BCUT2D eigenvalue weighted by molar-refractivity contribution is 6.32. The molecule has 4 aromatic carbocycles. The Kier molecular flexibility index (Phi) is 13.3. The predicted octanol–water partition coefficient (Wildman–Crippen LogP) is 7.37. The fraction of sp³-hybridized carbons (Fsp3) is 0.333. The number of likely N-dealkylation sites (tertiary alicyclic amines) is 1. The molecule has 0 saturated carbocycles. The van der Waals surface area contributed by atoms with E-state index in [1.54, 1.807) is 24.4 Å². The summed E-state index contributed by atoms with van der Waals surface area (Å²) in [6, 6.07) is 27.8. The molecule has 2 saturated heterocycles. The molecule has 5 aromatic rings. The Balaban J connectivity index is 1.03. The molecule has 0 bridgehead atoms. The monoisotopic (exact) mass is 843 g/mol. The van der Waals surface area contributed by atoms with Crippen molar-refractivity contribution >= 4 is 23.5 Å². The number of aromatic nitrogens is 1. The third kappa shape index (κ3) is 9.99. The minimum absolute atomic E-state index is 0.0243. The number of carboxylic acid groups (broad SMARTS) is 1. The van der Waals surface area contributed by atoms with Gasteiger partial charge >= 0.3 is 5.97 Å². The molecular formula is C48H50ClN5O7. The first-order chi connectivity index (χ1) is 29.4. The van der Waals surface area contributed by atoms with Gasteiger partial charge in [-0.2, -0.15) is 5.26 Å². The van der Waals surface area contributed by atoms with E-state index in [1.807, 2.05) is 24.3 Å². The molecule has 0 aliphatic carbocycles. The maximum atomic E-state index is 11.9. The normalized spacial score (nSPS) is 15.6. The van der Waals surface area contributed by atoms with Crippen molar-refractivity contribution in [1.82, 2.24) is 20.5 Å². The van der Waals surface area contributed by atoms with Crippen LogP contribution in [0, 0.1) is 25.2 Å². The van der Waals surface area contributed by atoms with Crippen molar-refractivity contribution in [1.29, 1.82) is 5.26 Å². The predicted molar refractivity (Wildman–Crippen MR) is 232 cm³/mol. The summed E-state index contributed by atoms with van der Waals surface area (Å²) in [6.45, 7) is 8.68. The van der Waals surface area contributed by atoms with Crippen LogP contribution >= 0.6 is 11.6 Å². The third-order valence-electron chi connectivity index (χ3n) is 11.9. The van der Waals surface area contributed by atoms with Crippen molar-refractivity contribution in [2.75, 3.05) is 32.8 Å². The zero-order valence-corrected chi connectivity index (χ0v) is 35.3. The fourth-order valence-electron chi connectivity index (χ4n) is 7.88. The van der Waals surface area contributed by atoms with Gasteiger partial charge in [0.25, 0.3) is 0 Å². The topological polar surface area (TPSA) is 166 Å². The van der Waals surface area contributed by atoms with Crippen LogP contribution in [0.3, 0.4) is 0 Å². The fourth-order valence-corrected chi connectivity index (χ4v) is 8.12. The lowest BCUT2D eigenvalue weighted by atomic mass is 9.78. The summed E-state index contributed by atoms with van der Waals surface area (Å²) in [7, 11) is 0. The Labute approximate surface area is 361 Å². The standard InChI is InChI=1S/C48H50ClN5O7/c1-31-36(29-61-44-22-43(60-28-34-20-33(24-50)25-51-26-34)37(21-42(44)49)27-52-47(3,30-55)46(57)58)6-4-8-40(31)41-9-5-7-39(32(41)2)35-10-12-38(13-11-35)59-19-18-54-16-14-48(15-17-54)23-45(56)53-48/h4-13,20-22,25-26,52,55H,14-19,23,27-30H2,1-3H3,(H,53,56)(H,57,58)/t47-/m0/s1. The summed E-state index contributed by atoms with van der Waals surface area (Å²) in [5.74, 6) is 0.543. The lowest BCUT2D eigenvalue weighted by molar-refractivity contribution is -0.146. The van der Waals surface area contributed by atoms with Crippen LogP contribution < -0.4 is 24.8 Å². The number of nitrogens with one attached hydrogen (secondary N) is 2. The van der Waals surface area contributed by atoms with E-state index in [0.717, 1.165) is 77.2 Å². The molecular weight excluding hydrogens is 794 g/mol. The Bertz CT molecular complexity index is 2430. The molecule has 1 aromatic heterocycles. The van der Waals surface area contributed by atoms with E-state index in [9.17, 15) is 25.1 Å². The Morgan fingerprint density at radius 3 is 2.31 bits per heavy atom. The second kappa shape index (κ2) is 18.7. The molecule has 1 atom stereocenters. The number of ether oxygens (including phenoxy) is 3. The summed E-state index contributed by atoms with van der Waals surface area (Å²) in [6.07, 6.45) is 5.72. The van der Waals surface area contributed by atoms with E-state index in [1.165, 1.54) is 13.1 Å². The number of rotatable bonds is 17. The Morgan fingerprint density at radius 1 is 0.934 bits per heavy atom. The maximum absolute atomic E-state index is 11.9. The molecule has 0 unspecified atom stereocenters. The number of nitriles is 1. The summed E-state index contributed by atoms with van der Waals surface area (Å²) < 4.78 is 18.7. The van der Waals surface area contributed by atoms with Crippen molar-refractivity contribution in [2.45, 2.75) is 70.9 Å². The van der Waals surface area contributed by atoms with Gasteiger partial charge in [0.05, 0.1) is 22.7 Å². The molecule has 13 heteroatoms. The number of aliphatic carboxylic acids is 1. The van der Waals surface area contributed by atoms with Crippen molar-refractivity contribution in [3.63, 3.8) is 0 Å². The number of halogens is 1. The van der Waals surface area contributed by atoms with Crippen molar-refractivity contribution in [2.24, 2.45) is 0 Å². The molecule has 1 amide bonds. The number of pyridine rings is 1. The van der Waals surface area contributed by atoms with Gasteiger partial charge in [0.15, 0.2) is 0 Å². The van der Waals surface area contributed by atoms with E-state index in [2.05, 4.69) is 76.8 Å². The van der Waals surface area contributed by atoms with Crippen LogP contribution in [0.2, 0.25) is 5.02 Å². The molecule has 3 heterocycles. The number of nitrogens with zero attached hydrogens (tertiary/aromatic N) is 3. The third-order valence-corrected chi connectivity index (χ3v) is 12.2. The summed E-state index contributed by atoms with van der Waals surface area (Å²) in [5.41, 5.74) is 7.63. The van der Waals surface area contributed by atoms with Crippen LogP contribution in [0.25, 0.3) is 22.3 Å². The van der Waals surface area contributed by atoms with Crippen LogP contribution in [0.15, 0.2) is 91.3 Å². The van der Waals surface area contributed by atoms with Gasteiger partial charge in [0, 0.05) is 62.2 Å². The van der Waals surface area contributed by atoms with Gasteiger partial charge in [0.2, 0.25) is 5.91 Å². The lowest BCUT2D eigenvalue weighted by Crippen LogP contribution is -2.65. The number of carbonyl (C=O) groups is 2. The van der Waals surface area contributed by atoms with Crippen molar-refractivity contribution < 1.29 is 34.0 Å². The molecule has 316 valence electrons. The molecule has 61 heavy (non-hydrogen) atoms. The van der Waals surface area contributed by atoms with Crippen LogP contribution in [-0.2, 0) is 29.3 Å². The second-order valence-corrected chi connectivity index (χ2v) is 16.5. The van der Waals surface area contributed by atoms with Crippen LogP contribution in [0.1, 0.15) is 59.6 Å². The number of carboxylic acids is 1. The second-order valence-electron chi connectivity index (χ2n) is 16.1. The number of hydrogen-bond acceptors (Lipinski definition) is 10. The molecule has 4 N–H and O–H groups in total. The number of piperidine rings is 1. The van der Waals surface area contributed by atoms with Crippen LogP contribution in [0.4, 0.5) is 0 Å². The van der Waals surface area contributed by atoms with E-state index < -0.39 is 18.1 Å². The number of aliphatic hydroxyl groups excluding tert-OH is 1. The molecule has 2 fully saturated rings. The minimum Gasteiger partial charge on any atom is -0.492 e. The molecule has 2 aliphatic heterocycles. The SMILES string of the molecule is Cc1c(COc2cc(OCc3cncc(C#N)c3)c(CN[C@@](C)(CO)C(=O)O)cc2Cl)cccc1-c1cccc(-c2ccc(OCCN3CCC4(CC3)CC(=O)N4)cc2)c1C. The van der Waals surface area contributed by atoms with E-state index in [0.29, 0.717) is 46.2 Å². The molecule has 0 radical (unpaired) electrons. The molecule has 1 spiro atoms. The Hall–Kier alpha value is -5.97.